The molecule has 1 amide bonds. The third-order valence-electron chi connectivity index (χ3n) is 2.54. The van der Waals surface area contributed by atoms with E-state index < -0.39 is 6.10 Å². The summed E-state index contributed by atoms with van der Waals surface area (Å²) < 4.78 is 5.01. The average Bonchev–Trinajstić information content (AvgIpc) is 2.37. The number of hydrogen-bond acceptors (Lipinski definition) is 4. The van der Waals surface area contributed by atoms with Crippen LogP contribution in [-0.2, 0) is 4.79 Å². The largest absolute Gasteiger partial charge is 0.497 e. The predicted octanol–water partition coefficient (Wildman–Crippen LogP) is 0.406. The van der Waals surface area contributed by atoms with E-state index in [1.807, 2.05) is 19.0 Å². The van der Waals surface area contributed by atoms with Crippen LogP contribution in [-0.4, -0.2) is 50.2 Å². The van der Waals surface area contributed by atoms with Crippen molar-refractivity contribution in [3.05, 3.63) is 29.8 Å². The van der Waals surface area contributed by atoms with E-state index in [0.29, 0.717) is 17.9 Å². The Labute approximate surface area is 107 Å². The third kappa shape index (κ3) is 4.35. The maximum Gasteiger partial charge on any atom is 0.253 e. The molecule has 0 aliphatic carbocycles. The summed E-state index contributed by atoms with van der Waals surface area (Å²) in [5.74, 6) is 0.306. The number of carbonyl (C=O) groups excluding carboxylic acids is 1. The molecule has 0 aliphatic heterocycles. The Morgan fingerprint density at radius 2 is 2.00 bits per heavy atom. The van der Waals surface area contributed by atoms with Gasteiger partial charge in [-0.3, -0.25) is 4.79 Å². The smallest absolute Gasteiger partial charge is 0.253 e. The lowest BCUT2D eigenvalue weighted by molar-refractivity contribution is -0.129. The Morgan fingerprint density at radius 1 is 1.39 bits per heavy atom. The number of benzene rings is 1. The lowest BCUT2D eigenvalue weighted by Gasteiger charge is -2.14. The Morgan fingerprint density at radius 3 is 2.50 bits per heavy atom. The number of nitrogens with one attached hydrogen (secondary N) is 1. The van der Waals surface area contributed by atoms with Crippen LogP contribution in [0.2, 0.25) is 0 Å². The summed E-state index contributed by atoms with van der Waals surface area (Å²) >= 11 is 0. The summed E-state index contributed by atoms with van der Waals surface area (Å²) in [6.07, 6.45) is -1.14. The first-order chi connectivity index (χ1) is 8.54. The van der Waals surface area contributed by atoms with Crippen LogP contribution in [0.1, 0.15) is 11.7 Å². The number of methoxy groups -OCH3 is 1. The predicted molar refractivity (Wildman–Crippen MR) is 69.5 cm³/mol. The van der Waals surface area contributed by atoms with Crippen molar-refractivity contribution < 1.29 is 14.6 Å². The number of likely N-dealkylation sites (N-methyl/N-ethyl adjacent to an activating group) is 1. The van der Waals surface area contributed by atoms with Crippen molar-refractivity contribution in [3.63, 3.8) is 0 Å². The van der Waals surface area contributed by atoms with E-state index in [0.717, 1.165) is 6.54 Å². The van der Waals surface area contributed by atoms with Crippen molar-refractivity contribution in [3.8, 4) is 5.75 Å². The van der Waals surface area contributed by atoms with Crippen LogP contribution in [0.3, 0.4) is 0 Å². The molecule has 0 heterocycles. The maximum absolute atomic E-state index is 11.7. The second-order valence-electron chi connectivity index (χ2n) is 4.27. The van der Waals surface area contributed by atoms with E-state index in [4.69, 9.17) is 4.74 Å². The summed E-state index contributed by atoms with van der Waals surface area (Å²) in [5.41, 5.74) is 0.554. The van der Waals surface area contributed by atoms with E-state index >= 15 is 0 Å². The Hall–Kier alpha value is -1.59. The van der Waals surface area contributed by atoms with Crippen molar-refractivity contribution in [2.75, 3.05) is 34.3 Å². The highest BCUT2D eigenvalue weighted by Crippen LogP contribution is 2.17. The van der Waals surface area contributed by atoms with Crippen molar-refractivity contribution in [2.24, 2.45) is 0 Å². The Bertz CT molecular complexity index is 376. The van der Waals surface area contributed by atoms with Gasteiger partial charge in [0.05, 0.1) is 7.11 Å². The number of nitrogens with zero attached hydrogens (tertiary/aromatic N) is 1. The molecule has 1 rings (SSSR count). The molecule has 100 valence electrons. The maximum atomic E-state index is 11.7. The molecule has 0 bridgehead atoms. The van der Waals surface area contributed by atoms with Gasteiger partial charge in [-0.1, -0.05) is 12.1 Å². The first kappa shape index (κ1) is 14.5. The number of rotatable bonds is 6. The second-order valence-corrected chi connectivity index (χ2v) is 4.27. The quantitative estimate of drug-likeness (QED) is 0.769. The fourth-order valence-electron chi connectivity index (χ4n) is 1.44. The van der Waals surface area contributed by atoms with E-state index in [2.05, 4.69) is 5.32 Å². The normalized spacial score (nSPS) is 12.3. The molecule has 5 nitrogen and oxygen atoms in total. The van der Waals surface area contributed by atoms with Gasteiger partial charge in [0.15, 0.2) is 6.10 Å². The highest BCUT2D eigenvalue weighted by molar-refractivity contribution is 5.81. The highest BCUT2D eigenvalue weighted by Gasteiger charge is 2.16. The van der Waals surface area contributed by atoms with Crippen LogP contribution in [0.25, 0.3) is 0 Å². The van der Waals surface area contributed by atoms with Crippen LogP contribution in [0.4, 0.5) is 0 Å². The lowest BCUT2D eigenvalue weighted by Crippen LogP contribution is -2.34. The standard InChI is InChI=1S/C13H20N2O3/c1-15(2)9-8-14-13(17)12(16)10-4-6-11(18-3)7-5-10/h4-7,12,16H,8-9H2,1-3H3,(H,14,17). The molecular formula is C13H20N2O3. The summed E-state index contributed by atoms with van der Waals surface area (Å²) in [5, 5.41) is 12.5. The molecule has 0 saturated heterocycles. The fourth-order valence-corrected chi connectivity index (χ4v) is 1.44. The van der Waals surface area contributed by atoms with E-state index in [-0.39, 0.29) is 5.91 Å². The van der Waals surface area contributed by atoms with E-state index in [1.54, 1.807) is 31.4 Å². The molecular weight excluding hydrogens is 232 g/mol. The van der Waals surface area contributed by atoms with Gasteiger partial charge < -0.3 is 20.1 Å². The first-order valence-corrected chi connectivity index (χ1v) is 5.79. The summed E-state index contributed by atoms with van der Waals surface area (Å²) in [4.78, 5) is 13.6. The van der Waals surface area contributed by atoms with Gasteiger partial charge in [0.1, 0.15) is 5.75 Å². The molecule has 0 spiro atoms. The number of amides is 1. The molecule has 2 N–H and O–H groups in total. The minimum Gasteiger partial charge on any atom is -0.497 e. The summed E-state index contributed by atoms with van der Waals surface area (Å²) in [6.45, 7) is 1.25. The van der Waals surface area contributed by atoms with Gasteiger partial charge in [0.25, 0.3) is 5.91 Å². The molecule has 0 fully saturated rings. The SMILES string of the molecule is COc1ccc(C(O)C(=O)NCCN(C)C)cc1. The molecule has 0 saturated carbocycles. The molecule has 5 heteroatoms. The van der Waals surface area contributed by atoms with Gasteiger partial charge >= 0.3 is 0 Å². The number of aliphatic hydroxyl groups excluding tert-OH is 1. The van der Waals surface area contributed by atoms with Crippen molar-refractivity contribution in [2.45, 2.75) is 6.10 Å². The van der Waals surface area contributed by atoms with Crippen LogP contribution in [0.5, 0.6) is 5.75 Å². The Balaban J connectivity index is 2.51. The zero-order valence-electron chi connectivity index (χ0n) is 11.0. The van der Waals surface area contributed by atoms with Crippen LogP contribution < -0.4 is 10.1 Å². The summed E-state index contributed by atoms with van der Waals surface area (Å²) in [7, 11) is 5.41. The highest BCUT2D eigenvalue weighted by atomic mass is 16.5. The third-order valence-corrected chi connectivity index (χ3v) is 2.54. The summed E-state index contributed by atoms with van der Waals surface area (Å²) in [6, 6.07) is 6.78. The minimum absolute atomic E-state index is 0.387. The minimum atomic E-state index is -1.14. The molecule has 1 atom stereocenters. The zero-order valence-corrected chi connectivity index (χ0v) is 11.0. The van der Waals surface area contributed by atoms with Crippen LogP contribution in [0, 0.1) is 0 Å². The van der Waals surface area contributed by atoms with Crippen LogP contribution >= 0.6 is 0 Å². The van der Waals surface area contributed by atoms with Gasteiger partial charge in [-0.15, -0.1) is 0 Å². The number of aliphatic hydroxyl groups is 1. The molecule has 1 aromatic carbocycles. The van der Waals surface area contributed by atoms with Crippen molar-refractivity contribution >= 4 is 5.91 Å². The Kier molecular flexibility index (Phi) is 5.61. The second kappa shape index (κ2) is 6.98. The molecule has 0 radical (unpaired) electrons. The molecule has 1 unspecified atom stereocenters. The van der Waals surface area contributed by atoms with Crippen molar-refractivity contribution in [1.29, 1.82) is 0 Å². The number of hydrogen-bond donors (Lipinski definition) is 2. The van der Waals surface area contributed by atoms with Gasteiger partial charge in [-0.05, 0) is 31.8 Å². The fraction of sp³-hybridized carbons (Fsp3) is 0.462. The van der Waals surface area contributed by atoms with Gasteiger partial charge in [-0.2, -0.15) is 0 Å². The van der Waals surface area contributed by atoms with E-state index in [1.165, 1.54) is 0 Å². The van der Waals surface area contributed by atoms with E-state index in [9.17, 15) is 9.90 Å². The molecule has 18 heavy (non-hydrogen) atoms. The number of carbonyl (C=O) groups is 1. The average molecular weight is 252 g/mol. The van der Waals surface area contributed by atoms with Gasteiger partial charge in [0.2, 0.25) is 0 Å². The zero-order chi connectivity index (χ0) is 13.5. The topological polar surface area (TPSA) is 61.8 Å². The number of ether oxygens (including phenoxy) is 1. The first-order valence-electron chi connectivity index (χ1n) is 5.79. The van der Waals surface area contributed by atoms with Crippen LogP contribution in [0.15, 0.2) is 24.3 Å². The molecule has 0 aliphatic rings. The lowest BCUT2D eigenvalue weighted by atomic mass is 10.1. The molecule has 0 aromatic heterocycles. The monoisotopic (exact) mass is 252 g/mol. The van der Waals surface area contributed by atoms with Gasteiger partial charge in [-0.25, -0.2) is 0 Å². The van der Waals surface area contributed by atoms with Gasteiger partial charge in [0, 0.05) is 13.1 Å². The van der Waals surface area contributed by atoms with Crippen molar-refractivity contribution in [1.82, 2.24) is 10.2 Å². The molecule has 1 aromatic rings.